The summed E-state index contributed by atoms with van der Waals surface area (Å²) in [5.74, 6) is -0.245. The van der Waals surface area contributed by atoms with Gasteiger partial charge in [0.25, 0.3) is 0 Å². The first-order valence-electron chi connectivity index (χ1n) is 1.55. The first-order chi connectivity index (χ1) is 2.27. The largest absolute Gasteiger partial charge is 0.370 e. The normalized spacial score (nSPS) is 6.17. The summed E-state index contributed by atoms with van der Waals surface area (Å²) in [5, 5.41) is 0. The molecule has 3 heteroatoms. The number of amides is 1. The van der Waals surface area contributed by atoms with Crippen LogP contribution in [0.5, 0.6) is 0 Å². The zero-order chi connectivity index (χ0) is 4.28. The number of rotatable bonds is 1. The van der Waals surface area contributed by atoms with Crippen molar-refractivity contribution >= 4 is 35.5 Å². The number of carbonyl (C=O) groups excluding carboxylic acids is 1. The van der Waals surface area contributed by atoms with E-state index in [9.17, 15) is 4.79 Å². The van der Waals surface area contributed by atoms with Gasteiger partial charge in [-0.3, -0.25) is 4.79 Å². The van der Waals surface area contributed by atoms with Crippen molar-refractivity contribution in [2.24, 2.45) is 5.73 Å². The number of nitrogens with two attached hydrogens (primary N) is 1. The second-order valence-electron chi connectivity index (χ2n) is 0.820. The van der Waals surface area contributed by atoms with Gasteiger partial charge in [-0.25, -0.2) is 0 Å². The minimum atomic E-state index is -0.245. The van der Waals surface area contributed by atoms with Crippen LogP contribution in [-0.2, 0) is 4.79 Å². The third kappa shape index (κ3) is 8.82. The molecule has 31 valence electrons. The molecule has 0 aromatic rings. The van der Waals surface area contributed by atoms with Crippen LogP contribution in [0.3, 0.4) is 0 Å². The van der Waals surface area contributed by atoms with Gasteiger partial charge in [0.2, 0.25) is 5.91 Å². The van der Waals surface area contributed by atoms with Gasteiger partial charge in [-0.1, -0.05) is 6.92 Å². The van der Waals surface area contributed by atoms with Crippen molar-refractivity contribution in [3.05, 3.63) is 0 Å². The van der Waals surface area contributed by atoms with E-state index in [1.807, 2.05) is 0 Å². The molecule has 1 amide bonds. The average Bonchev–Trinajstić information content (AvgIpc) is 1.38. The predicted octanol–water partition coefficient (Wildman–Crippen LogP) is -0.499. The van der Waals surface area contributed by atoms with Gasteiger partial charge in [0.1, 0.15) is 0 Å². The zero-order valence-corrected chi connectivity index (χ0v) is 6.19. The van der Waals surface area contributed by atoms with Crippen molar-refractivity contribution in [2.45, 2.75) is 13.3 Å². The van der Waals surface area contributed by atoms with Crippen molar-refractivity contribution in [3.8, 4) is 0 Å². The Morgan fingerprint density at radius 3 is 2.00 bits per heavy atom. The molecule has 0 bridgehead atoms. The fourth-order valence-corrected chi connectivity index (χ4v) is 0. The Kier molecular flexibility index (Phi) is 8.83. The van der Waals surface area contributed by atoms with Crippen molar-refractivity contribution in [1.82, 2.24) is 0 Å². The molecule has 0 atom stereocenters. The number of carbonyl (C=O) groups is 1. The van der Waals surface area contributed by atoms with Crippen LogP contribution in [-0.4, -0.2) is 35.5 Å². The maximum atomic E-state index is 9.59. The summed E-state index contributed by atoms with van der Waals surface area (Å²) < 4.78 is 0. The Bertz CT molecular complexity index is 46.1. The zero-order valence-electron chi connectivity index (χ0n) is 4.19. The molecule has 2 nitrogen and oxygen atoms in total. The minimum absolute atomic E-state index is 0. The van der Waals surface area contributed by atoms with E-state index in [0.29, 0.717) is 6.42 Å². The van der Waals surface area contributed by atoms with E-state index in [2.05, 4.69) is 5.73 Å². The Labute approximate surface area is 59.4 Å². The van der Waals surface area contributed by atoms with Crippen LogP contribution < -0.4 is 5.73 Å². The number of hydrogen-bond acceptors (Lipinski definition) is 1. The number of primary amides is 1. The molecule has 0 aliphatic heterocycles. The van der Waals surface area contributed by atoms with Gasteiger partial charge in [-0.2, -0.15) is 0 Å². The fraction of sp³-hybridized carbons (Fsp3) is 0.667. The summed E-state index contributed by atoms with van der Waals surface area (Å²) in [6.07, 6.45) is 0.444. The Morgan fingerprint density at radius 1 is 1.83 bits per heavy atom. The summed E-state index contributed by atoms with van der Waals surface area (Å²) in [4.78, 5) is 9.59. The molecule has 6 heavy (non-hydrogen) atoms. The van der Waals surface area contributed by atoms with Crippen molar-refractivity contribution in [1.29, 1.82) is 0 Å². The van der Waals surface area contributed by atoms with Gasteiger partial charge < -0.3 is 5.73 Å². The molecule has 0 saturated carbocycles. The SMILES string of the molecule is CCC(N)=O.[Na]. The summed E-state index contributed by atoms with van der Waals surface area (Å²) >= 11 is 0. The molecule has 0 unspecified atom stereocenters. The first kappa shape index (κ1) is 9.69. The van der Waals surface area contributed by atoms with Crippen LogP contribution >= 0.6 is 0 Å². The summed E-state index contributed by atoms with van der Waals surface area (Å²) in [7, 11) is 0. The van der Waals surface area contributed by atoms with E-state index in [1.54, 1.807) is 6.92 Å². The maximum Gasteiger partial charge on any atom is 0.217 e. The van der Waals surface area contributed by atoms with E-state index in [0.717, 1.165) is 0 Å². The first-order valence-corrected chi connectivity index (χ1v) is 1.55. The second-order valence-corrected chi connectivity index (χ2v) is 0.820. The van der Waals surface area contributed by atoms with Crippen molar-refractivity contribution in [2.75, 3.05) is 0 Å². The van der Waals surface area contributed by atoms with E-state index in [1.165, 1.54) is 0 Å². The van der Waals surface area contributed by atoms with Gasteiger partial charge in [0.15, 0.2) is 0 Å². The van der Waals surface area contributed by atoms with Crippen molar-refractivity contribution in [3.63, 3.8) is 0 Å². The maximum absolute atomic E-state index is 9.59. The topological polar surface area (TPSA) is 43.1 Å². The molecule has 0 fully saturated rings. The third-order valence-corrected chi connectivity index (χ3v) is 0.348. The van der Waals surface area contributed by atoms with Crippen LogP contribution in [0.15, 0.2) is 0 Å². The van der Waals surface area contributed by atoms with Crippen LogP contribution in [0, 0.1) is 0 Å². The van der Waals surface area contributed by atoms with Gasteiger partial charge >= 0.3 is 0 Å². The van der Waals surface area contributed by atoms with E-state index < -0.39 is 0 Å². The summed E-state index contributed by atoms with van der Waals surface area (Å²) in [6, 6.07) is 0. The average molecular weight is 96.1 g/mol. The molecule has 0 aliphatic carbocycles. The summed E-state index contributed by atoms with van der Waals surface area (Å²) in [5.41, 5.74) is 4.65. The quantitative estimate of drug-likeness (QED) is 0.439. The van der Waals surface area contributed by atoms with Crippen molar-refractivity contribution < 1.29 is 4.79 Å². The molecule has 0 saturated heterocycles. The number of hydrogen-bond donors (Lipinski definition) is 1. The fourth-order valence-electron chi connectivity index (χ4n) is 0. The molecule has 0 rings (SSSR count). The van der Waals surface area contributed by atoms with Crippen LogP contribution in [0.2, 0.25) is 0 Å². The van der Waals surface area contributed by atoms with Gasteiger partial charge in [-0.15, -0.1) is 0 Å². The molecule has 0 heterocycles. The monoisotopic (exact) mass is 96.0 g/mol. The van der Waals surface area contributed by atoms with E-state index >= 15 is 0 Å². The van der Waals surface area contributed by atoms with Crippen LogP contribution in [0.25, 0.3) is 0 Å². The van der Waals surface area contributed by atoms with Crippen LogP contribution in [0.4, 0.5) is 0 Å². The van der Waals surface area contributed by atoms with Gasteiger partial charge in [0.05, 0.1) is 0 Å². The molecule has 2 N–H and O–H groups in total. The minimum Gasteiger partial charge on any atom is -0.370 e. The molecule has 0 aromatic carbocycles. The predicted molar refractivity (Wildman–Crippen MR) is 25.2 cm³/mol. The van der Waals surface area contributed by atoms with E-state index in [4.69, 9.17) is 0 Å². The second kappa shape index (κ2) is 5.47. The molecular weight excluding hydrogens is 89.0 g/mol. The molecule has 0 aromatic heterocycles. The van der Waals surface area contributed by atoms with Crippen LogP contribution in [0.1, 0.15) is 13.3 Å². The molecular formula is C3H7NNaO. The third-order valence-electron chi connectivity index (χ3n) is 0.348. The molecule has 1 radical (unpaired) electrons. The Morgan fingerprint density at radius 2 is 2.00 bits per heavy atom. The summed E-state index contributed by atoms with van der Waals surface area (Å²) in [6.45, 7) is 1.72. The Balaban J connectivity index is 0. The Hall–Kier alpha value is 0.470. The molecule has 0 spiro atoms. The van der Waals surface area contributed by atoms with Gasteiger partial charge in [0, 0.05) is 36.0 Å². The standard InChI is InChI=1S/C3H7NO.Na/c1-2-3(4)5;/h2H2,1H3,(H2,4,5);. The van der Waals surface area contributed by atoms with E-state index in [-0.39, 0.29) is 35.5 Å². The molecule has 0 aliphatic rings. The van der Waals surface area contributed by atoms with Gasteiger partial charge in [-0.05, 0) is 0 Å². The smallest absolute Gasteiger partial charge is 0.217 e.